The number of sulfonamides is 1. The van der Waals surface area contributed by atoms with E-state index < -0.39 is 10.0 Å². The van der Waals surface area contributed by atoms with Crippen molar-refractivity contribution in [1.29, 1.82) is 0 Å². The maximum atomic E-state index is 12.4. The van der Waals surface area contributed by atoms with Gasteiger partial charge >= 0.3 is 0 Å². The second-order valence-corrected chi connectivity index (χ2v) is 7.04. The summed E-state index contributed by atoms with van der Waals surface area (Å²) in [6.07, 6.45) is 0.606. The highest BCUT2D eigenvalue weighted by Gasteiger charge is 2.23. The minimum Gasteiger partial charge on any atom is -0.389 e. The van der Waals surface area contributed by atoms with E-state index in [9.17, 15) is 8.42 Å². The number of hydrogen-bond acceptors (Lipinski definition) is 4. The van der Waals surface area contributed by atoms with Gasteiger partial charge in [-0.3, -0.25) is 0 Å². The van der Waals surface area contributed by atoms with Gasteiger partial charge in [-0.15, -0.1) is 0 Å². The molecule has 1 rings (SSSR count). The van der Waals surface area contributed by atoms with Crippen LogP contribution in [0.1, 0.15) is 12.0 Å². The highest BCUT2D eigenvalue weighted by Crippen LogP contribution is 2.25. The van der Waals surface area contributed by atoms with Crippen molar-refractivity contribution < 1.29 is 13.2 Å². The SMILES string of the molecule is COCCCN(C)S(=O)(=O)c1ccc(C(N)=S)cc1Cl. The van der Waals surface area contributed by atoms with Gasteiger partial charge in [-0.2, -0.15) is 0 Å². The lowest BCUT2D eigenvalue weighted by atomic mass is 10.2. The smallest absolute Gasteiger partial charge is 0.244 e. The van der Waals surface area contributed by atoms with Gasteiger partial charge in [0.05, 0.1) is 5.02 Å². The van der Waals surface area contributed by atoms with E-state index in [0.717, 1.165) is 0 Å². The summed E-state index contributed by atoms with van der Waals surface area (Å²) in [4.78, 5) is 0.211. The molecule has 0 aliphatic heterocycles. The van der Waals surface area contributed by atoms with E-state index in [1.54, 1.807) is 13.2 Å². The summed E-state index contributed by atoms with van der Waals surface area (Å²) in [5, 5.41) is 0.105. The fraction of sp³-hybridized carbons (Fsp3) is 0.417. The highest BCUT2D eigenvalue weighted by atomic mass is 35.5. The van der Waals surface area contributed by atoms with Gasteiger partial charge in [-0.1, -0.05) is 29.9 Å². The third kappa shape index (κ3) is 4.13. The molecule has 1 aromatic rings. The molecular weight excluding hydrogens is 320 g/mol. The zero-order valence-electron chi connectivity index (χ0n) is 11.3. The van der Waals surface area contributed by atoms with E-state index in [0.29, 0.717) is 25.1 Å². The van der Waals surface area contributed by atoms with Gasteiger partial charge in [-0.05, 0) is 18.6 Å². The van der Waals surface area contributed by atoms with E-state index in [1.165, 1.54) is 23.5 Å². The van der Waals surface area contributed by atoms with Crippen LogP contribution in [0, 0.1) is 0 Å². The van der Waals surface area contributed by atoms with Crippen molar-refractivity contribution in [3.8, 4) is 0 Å². The molecule has 0 aliphatic rings. The van der Waals surface area contributed by atoms with Crippen molar-refractivity contribution in [2.75, 3.05) is 27.3 Å². The number of halogens is 1. The quantitative estimate of drug-likeness (QED) is 0.605. The zero-order chi connectivity index (χ0) is 15.3. The molecule has 0 saturated heterocycles. The number of benzene rings is 1. The van der Waals surface area contributed by atoms with Gasteiger partial charge in [0.25, 0.3) is 0 Å². The summed E-state index contributed by atoms with van der Waals surface area (Å²) in [6, 6.07) is 4.42. The third-order valence-electron chi connectivity index (χ3n) is 2.73. The molecule has 8 heteroatoms. The molecule has 2 N–H and O–H groups in total. The Balaban J connectivity index is 3.00. The number of methoxy groups -OCH3 is 1. The summed E-state index contributed by atoms with van der Waals surface area (Å²) in [5.41, 5.74) is 6.01. The number of thiocarbonyl (C=S) groups is 1. The predicted molar refractivity (Wildman–Crippen MR) is 83.6 cm³/mol. The van der Waals surface area contributed by atoms with Gasteiger partial charge in [0.15, 0.2) is 0 Å². The number of nitrogens with two attached hydrogens (primary N) is 1. The van der Waals surface area contributed by atoms with Crippen molar-refractivity contribution in [2.24, 2.45) is 5.73 Å². The molecule has 0 aromatic heterocycles. The van der Waals surface area contributed by atoms with Crippen molar-refractivity contribution >= 4 is 38.8 Å². The summed E-state index contributed by atoms with van der Waals surface area (Å²) < 4.78 is 30.9. The average Bonchev–Trinajstić information content (AvgIpc) is 2.38. The Hall–Kier alpha value is -0.730. The van der Waals surface area contributed by atoms with Crippen molar-refractivity contribution in [3.63, 3.8) is 0 Å². The molecule has 0 heterocycles. The Morgan fingerprint density at radius 1 is 1.50 bits per heavy atom. The number of ether oxygens (including phenoxy) is 1. The molecule has 0 atom stereocenters. The van der Waals surface area contributed by atoms with Crippen LogP contribution in [0.2, 0.25) is 5.02 Å². The van der Waals surface area contributed by atoms with E-state index in [-0.39, 0.29) is 14.9 Å². The first-order valence-corrected chi connectivity index (χ1v) is 8.08. The Morgan fingerprint density at radius 2 is 2.15 bits per heavy atom. The maximum Gasteiger partial charge on any atom is 0.244 e. The van der Waals surface area contributed by atoms with Crippen LogP contribution in [0.3, 0.4) is 0 Å². The van der Waals surface area contributed by atoms with Gasteiger partial charge in [0.2, 0.25) is 10.0 Å². The lowest BCUT2D eigenvalue weighted by Crippen LogP contribution is -2.29. The van der Waals surface area contributed by atoms with E-state index in [4.69, 9.17) is 34.3 Å². The lowest BCUT2D eigenvalue weighted by molar-refractivity contribution is 0.189. The number of rotatable bonds is 7. The largest absolute Gasteiger partial charge is 0.389 e. The molecule has 1 aromatic carbocycles. The van der Waals surface area contributed by atoms with Gasteiger partial charge in [0, 0.05) is 32.9 Å². The number of nitrogens with zero attached hydrogens (tertiary/aromatic N) is 1. The third-order valence-corrected chi connectivity index (χ3v) is 5.30. The fourth-order valence-electron chi connectivity index (χ4n) is 1.58. The molecule has 0 radical (unpaired) electrons. The van der Waals surface area contributed by atoms with Crippen molar-refractivity contribution in [2.45, 2.75) is 11.3 Å². The predicted octanol–water partition coefficient (Wildman–Crippen LogP) is 1.63. The highest BCUT2D eigenvalue weighted by molar-refractivity contribution is 7.89. The van der Waals surface area contributed by atoms with E-state index in [1.807, 2.05) is 0 Å². The van der Waals surface area contributed by atoms with Crippen molar-refractivity contribution in [1.82, 2.24) is 4.31 Å². The van der Waals surface area contributed by atoms with Crippen LogP contribution in [0.5, 0.6) is 0 Å². The van der Waals surface area contributed by atoms with E-state index >= 15 is 0 Å². The van der Waals surface area contributed by atoms with Crippen LogP contribution in [-0.2, 0) is 14.8 Å². The second-order valence-electron chi connectivity index (χ2n) is 4.18. The molecule has 0 fully saturated rings. The Labute approximate surface area is 129 Å². The summed E-state index contributed by atoms with van der Waals surface area (Å²) in [6.45, 7) is 0.845. The molecule has 5 nitrogen and oxygen atoms in total. The molecule has 0 aliphatic carbocycles. The molecular formula is C12H17ClN2O3S2. The second kappa shape index (κ2) is 7.33. The summed E-state index contributed by atoms with van der Waals surface area (Å²) in [7, 11) is -0.559. The van der Waals surface area contributed by atoms with Crippen molar-refractivity contribution in [3.05, 3.63) is 28.8 Å². The standard InChI is InChI=1S/C12H17ClN2O3S2/c1-15(6-3-7-18-2)20(16,17)11-5-4-9(12(14)19)8-10(11)13/h4-5,8H,3,6-7H2,1-2H3,(H2,14,19). The molecule has 112 valence electrons. The Kier molecular flexibility index (Phi) is 6.35. The molecule has 0 spiro atoms. The minimum atomic E-state index is -3.63. The minimum absolute atomic E-state index is 0.0408. The first-order chi connectivity index (χ1) is 9.30. The zero-order valence-corrected chi connectivity index (χ0v) is 13.7. The topological polar surface area (TPSA) is 72.6 Å². The molecule has 20 heavy (non-hydrogen) atoms. The van der Waals surface area contributed by atoms with Gasteiger partial charge < -0.3 is 10.5 Å². The molecule has 0 bridgehead atoms. The first-order valence-electron chi connectivity index (χ1n) is 5.85. The summed E-state index contributed by atoms with van der Waals surface area (Å²) in [5.74, 6) is 0. The lowest BCUT2D eigenvalue weighted by Gasteiger charge is -2.18. The fourth-order valence-corrected chi connectivity index (χ4v) is 3.43. The maximum absolute atomic E-state index is 12.4. The molecule has 0 unspecified atom stereocenters. The Bertz CT molecular complexity index is 590. The van der Waals surface area contributed by atoms with E-state index in [2.05, 4.69) is 0 Å². The van der Waals surface area contributed by atoms with Crippen LogP contribution in [0.4, 0.5) is 0 Å². The molecule has 0 amide bonds. The van der Waals surface area contributed by atoms with Crippen LogP contribution in [-0.4, -0.2) is 45.0 Å². The van der Waals surface area contributed by atoms with Crippen LogP contribution in [0.15, 0.2) is 23.1 Å². The first kappa shape index (κ1) is 17.3. The number of hydrogen-bond donors (Lipinski definition) is 1. The normalized spacial score (nSPS) is 11.8. The van der Waals surface area contributed by atoms with Crippen LogP contribution >= 0.6 is 23.8 Å². The van der Waals surface area contributed by atoms with Crippen LogP contribution in [0.25, 0.3) is 0 Å². The summed E-state index contributed by atoms with van der Waals surface area (Å²) >= 11 is 10.8. The van der Waals surface area contributed by atoms with Gasteiger partial charge in [0.1, 0.15) is 9.88 Å². The monoisotopic (exact) mass is 336 g/mol. The Morgan fingerprint density at radius 3 is 2.65 bits per heavy atom. The average molecular weight is 337 g/mol. The van der Waals surface area contributed by atoms with Gasteiger partial charge in [-0.25, -0.2) is 12.7 Å². The van der Waals surface area contributed by atoms with Crippen LogP contribution < -0.4 is 5.73 Å². The molecule has 0 saturated carbocycles.